The molecule has 0 aliphatic carbocycles. The minimum absolute atomic E-state index is 0.122. The molecule has 0 bridgehead atoms. The second kappa shape index (κ2) is 4.59. The molecule has 1 saturated heterocycles. The lowest BCUT2D eigenvalue weighted by molar-refractivity contribution is -0.105. The van der Waals surface area contributed by atoms with Gasteiger partial charge >= 0.3 is 0 Å². The van der Waals surface area contributed by atoms with Crippen molar-refractivity contribution in [1.29, 1.82) is 0 Å². The average molecular weight is 272 g/mol. The predicted molar refractivity (Wildman–Crippen MR) is 49.5 cm³/mol. The van der Waals surface area contributed by atoms with Crippen LogP contribution < -0.4 is 0 Å². The third kappa shape index (κ3) is 2.85. The summed E-state index contributed by atoms with van der Waals surface area (Å²) >= 11 is 1.81. The van der Waals surface area contributed by atoms with Gasteiger partial charge < -0.3 is 12.9 Å². The van der Waals surface area contributed by atoms with Crippen LogP contribution in [0.3, 0.4) is 0 Å². The van der Waals surface area contributed by atoms with E-state index in [1.807, 2.05) is 23.0 Å². The Bertz CT molecular complexity index is 120. The van der Waals surface area contributed by atoms with Gasteiger partial charge in [-0.1, -0.05) is 6.92 Å². The first-order valence-corrected chi connectivity index (χ1v) is 4.65. The highest BCUT2D eigenvalue weighted by molar-refractivity contribution is 14.1. The summed E-state index contributed by atoms with van der Waals surface area (Å²) in [5, 5.41) is 9.46. The fourth-order valence-corrected chi connectivity index (χ4v) is 1.61. The summed E-state index contributed by atoms with van der Waals surface area (Å²) in [5.74, 6) is 0.468. The van der Waals surface area contributed by atoms with Gasteiger partial charge in [0.05, 0.1) is 12.7 Å². The molecule has 11 heavy (non-hydrogen) atoms. The Morgan fingerprint density at radius 3 is 3.00 bits per heavy atom. The van der Waals surface area contributed by atoms with E-state index in [4.69, 9.17) is 7.80 Å². The number of halogens is 1. The molecule has 4 heteroatoms. The van der Waals surface area contributed by atoms with E-state index < -0.39 is 0 Å². The molecule has 0 aromatic heterocycles. The number of hydrogen-bond donors (Lipinski definition) is 1. The Labute approximate surface area is 80.8 Å². The van der Waals surface area contributed by atoms with Crippen LogP contribution in [0.2, 0.25) is 0 Å². The molecule has 3 nitrogen and oxygen atoms in total. The molecule has 1 fully saturated rings. The Morgan fingerprint density at radius 1 is 1.73 bits per heavy atom. The maximum atomic E-state index is 9.46. The monoisotopic (exact) mass is 272 g/mol. The molecule has 3 unspecified atom stereocenters. The molecule has 1 aliphatic rings. The lowest BCUT2D eigenvalue weighted by atomic mass is 9.98. The van der Waals surface area contributed by atoms with Crippen molar-refractivity contribution >= 4 is 23.0 Å². The number of aliphatic hydroxyl groups excluding tert-OH is 1. The number of rotatable bonds is 2. The van der Waals surface area contributed by atoms with Gasteiger partial charge in [0.2, 0.25) is 0 Å². The van der Waals surface area contributed by atoms with Crippen LogP contribution in [0.4, 0.5) is 0 Å². The molecule has 66 valence electrons. The van der Waals surface area contributed by atoms with E-state index in [9.17, 15) is 5.11 Å². The minimum atomic E-state index is -0.353. The van der Waals surface area contributed by atoms with Gasteiger partial charge in [0.25, 0.3) is 0 Å². The van der Waals surface area contributed by atoms with Crippen LogP contribution >= 0.6 is 23.0 Å². The summed E-state index contributed by atoms with van der Waals surface area (Å²) in [4.78, 5) is 0. The predicted octanol–water partition coefficient (Wildman–Crippen LogP) is 1.14. The van der Waals surface area contributed by atoms with Gasteiger partial charge in [-0.15, -0.1) is 0 Å². The highest BCUT2D eigenvalue weighted by Gasteiger charge is 2.27. The third-order valence-corrected chi connectivity index (χ3v) is 2.25. The van der Waals surface area contributed by atoms with Crippen LogP contribution in [0.5, 0.6) is 0 Å². The Balaban J connectivity index is 2.31. The zero-order valence-corrected chi connectivity index (χ0v) is 8.65. The van der Waals surface area contributed by atoms with Gasteiger partial charge in [-0.2, -0.15) is 0 Å². The highest BCUT2D eigenvalue weighted by atomic mass is 127. The van der Waals surface area contributed by atoms with E-state index >= 15 is 0 Å². The standard InChI is InChI=1S/C7H13IO3/c1-5-2-6(9)7(4-11-8)10-3-5/h5-7,9H,2-4H2,1H3. The van der Waals surface area contributed by atoms with Crippen molar-refractivity contribution in [1.82, 2.24) is 0 Å². The average Bonchev–Trinajstić information content (AvgIpc) is 1.95. The van der Waals surface area contributed by atoms with Crippen LogP contribution in [0.15, 0.2) is 0 Å². The van der Waals surface area contributed by atoms with Gasteiger partial charge in [0.1, 0.15) is 29.1 Å². The van der Waals surface area contributed by atoms with Crippen molar-refractivity contribution in [2.75, 3.05) is 13.2 Å². The van der Waals surface area contributed by atoms with E-state index in [1.54, 1.807) is 0 Å². The SMILES string of the molecule is CC1COC(COI)C(O)C1. The fourth-order valence-electron chi connectivity index (χ4n) is 1.25. The first kappa shape index (κ1) is 9.70. The van der Waals surface area contributed by atoms with E-state index in [0.29, 0.717) is 12.5 Å². The smallest absolute Gasteiger partial charge is 0.109 e. The van der Waals surface area contributed by atoms with Crippen molar-refractivity contribution in [3.8, 4) is 0 Å². The van der Waals surface area contributed by atoms with Crippen LogP contribution in [0.25, 0.3) is 0 Å². The van der Waals surface area contributed by atoms with Crippen molar-refractivity contribution in [2.24, 2.45) is 5.92 Å². The zero-order valence-electron chi connectivity index (χ0n) is 6.50. The molecule has 1 aliphatic heterocycles. The number of hydrogen-bond acceptors (Lipinski definition) is 3. The topological polar surface area (TPSA) is 38.7 Å². The van der Waals surface area contributed by atoms with Crippen molar-refractivity contribution in [3.63, 3.8) is 0 Å². The third-order valence-electron chi connectivity index (χ3n) is 1.90. The van der Waals surface area contributed by atoms with E-state index in [2.05, 4.69) is 6.92 Å². The van der Waals surface area contributed by atoms with Crippen LogP contribution in [-0.4, -0.2) is 30.5 Å². The van der Waals surface area contributed by atoms with Crippen molar-refractivity contribution in [2.45, 2.75) is 25.6 Å². The number of ether oxygens (including phenoxy) is 1. The lowest BCUT2D eigenvalue weighted by Crippen LogP contribution is -2.40. The van der Waals surface area contributed by atoms with Crippen molar-refractivity contribution in [3.05, 3.63) is 0 Å². The molecule has 0 saturated carbocycles. The molecule has 1 heterocycles. The van der Waals surface area contributed by atoms with E-state index in [0.717, 1.165) is 13.0 Å². The van der Waals surface area contributed by atoms with Crippen LogP contribution in [0, 0.1) is 5.92 Å². The van der Waals surface area contributed by atoms with Crippen LogP contribution in [0.1, 0.15) is 13.3 Å². The molecule has 0 aromatic rings. The largest absolute Gasteiger partial charge is 0.390 e. The van der Waals surface area contributed by atoms with Gasteiger partial charge in [-0.05, 0) is 12.3 Å². The normalized spacial score (nSPS) is 39.0. The van der Waals surface area contributed by atoms with E-state index in [-0.39, 0.29) is 12.2 Å². The molecule has 0 spiro atoms. The van der Waals surface area contributed by atoms with Gasteiger partial charge in [-0.3, -0.25) is 0 Å². The molecule has 1 rings (SSSR count). The summed E-state index contributed by atoms with van der Waals surface area (Å²) in [5.41, 5.74) is 0. The molecular formula is C7H13IO3. The lowest BCUT2D eigenvalue weighted by Gasteiger charge is -2.30. The summed E-state index contributed by atoms with van der Waals surface area (Å²) in [6.45, 7) is 3.29. The first-order chi connectivity index (χ1) is 5.24. The molecule has 1 N–H and O–H groups in total. The Hall–Kier alpha value is 0.610. The van der Waals surface area contributed by atoms with Gasteiger partial charge in [0, 0.05) is 6.61 Å². The molecular weight excluding hydrogens is 259 g/mol. The summed E-state index contributed by atoms with van der Waals surface area (Å²) in [6, 6.07) is 0. The molecule has 0 amide bonds. The summed E-state index contributed by atoms with van der Waals surface area (Å²) in [7, 11) is 0. The Kier molecular flexibility index (Phi) is 4.05. The maximum absolute atomic E-state index is 9.46. The fraction of sp³-hybridized carbons (Fsp3) is 1.00. The van der Waals surface area contributed by atoms with E-state index in [1.165, 1.54) is 0 Å². The second-order valence-electron chi connectivity index (χ2n) is 3.06. The first-order valence-electron chi connectivity index (χ1n) is 3.77. The van der Waals surface area contributed by atoms with Gasteiger partial charge in [0.15, 0.2) is 0 Å². The Morgan fingerprint density at radius 2 is 2.45 bits per heavy atom. The summed E-state index contributed by atoms with van der Waals surface area (Å²) < 4.78 is 10.2. The highest BCUT2D eigenvalue weighted by Crippen LogP contribution is 2.19. The molecule has 0 aromatic carbocycles. The van der Waals surface area contributed by atoms with Crippen LogP contribution in [-0.2, 0) is 7.80 Å². The van der Waals surface area contributed by atoms with Gasteiger partial charge in [-0.25, -0.2) is 0 Å². The minimum Gasteiger partial charge on any atom is -0.390 e. The van der Waals surface area contributed by atoms with Crippen molar-refractivity contribution < 1.29 is 12.9 Å². The zero-order chi connectivity index (χ0) is 8.27. The second-order valence-corrected chi connectivity index (χ2v) is 3.68. The summed E-state index contributed by atoms with van der Waals surface area (Å²) in [6.07, 6.45) is 0.349. The maximum Gasteiger partial charge on any atom is 0.109 e. The number of aliphatic hydroxyl groups is 1. The molecule has 3 atom stereocenters. The quantitative estimate of drug-likeness (QED) is 0.766. The molecule has 0 radical (unpaired) electrons.